The van der Waals surface area contributed by atoms with Crippen LogP contribution in [0.2, 0.25) is 0 Å². The number of rotatable bonds is 9. The van der Waals surface area contributed by atoms with Crippen molar-refractivity contribution in [2.45, 2.75) is 19.3 Å². The monoisotopic (exact) mass is 835 g/mol. The molecule has 0 N–H and O–H groups in total. The van der Waals surface area contributed by atoms with Crippen molar-refractivity contribution in [3.63, 3.8) is 0 Å². The summed E-state index contributed by atoms with van der Waals surface area (Å²) < 4.78 is 0. The molecular formula is C60H45N5. The molecule has 0 spiro atoms. The van der Waals surface area contributed by atoms with E-state index in [0.717, 1.165) is 50.8 Å². The Bertz CT molecular complexity index is 3120. The number of benzene rings is 9. The van der Waals surface area contributed by atoms with Crippen molar-refractivity contribution in [2.24, 2.45) is 0 Å². The summed E-state index contributed by atoms with van der Waals surface area (Å²) in [6.45, 7) is 4.64. The lowest BCUT2D eigenvalue weighted by Gasteiger charge is -2.42. The van der Waals surface area contributed by atoms with Crippen molar-refractivity contribution >= 4 is 34.1 Å². The minimum Gasteiger partial charge on any atom is -0.310 e. The van der Waals surface area contributed by atoms with Crippen molar-refractivity contribution in [3.05, 3.63) is 248 Å². The van der Waals surface area contributed by atoms with E-state index in [1.807, 2.05) is 60.7 Å². The molecule has 0 unspecified atom stereocenters. The average Bonchev–Trinajstić information content (AvgIpc) is 3.38. The highest BCUT2D eigenvalue weighted by Crippen LogP contribution is 2.53. The molecule has 0 atom stereocenters. The normalized spacial score (nSPS) is 12.6. The second-order valence-electron chi connectivity index (χ2n) is 16.9. The van der Waals surface area contributed by atoms with Crippen LogP contribution < -0.4 is 9.80 Å². The maximum atomic E-state index is 5.11. The van der Waals surface area contributed by atoms with Crippen LogP contribution in [0.15, 0.2) is 237 Å². The number of anilines is 6. The predicted octanol–water partition coefficient (Wildman–Crippen LogP) is 15.8. The van der Waals surface area contributed by atoms with Crippen LogP contribution in [0.1, 0.15) is 25.0 Å². The van der Waals surface area contributed by atoms with Crippen LogP contribution in [0.5, 0.6) is 0 Å². The Morgan fingerprint density at radius 2 is 0.738 bits per heavy atom. The van der Waals surface area contributed by atoms with Crippen molar-refractivity contribution < 1.29 is 0 Å². The Morgan fingerprint density at radius 3 is 1.26 bits per heavy atom. The predicted molar refractivity (Wildman–Crippen MR) is 269 cm³/mol. The number of hydrogen-bond acceptors (Lipinski definition) is 5. The van der Waals surface area contributed by atoms with Crippen LogP contribution in [0.25, 0.3) is 56.4 Å². The van der Waals surface area contributed by atoms with Gasteiger partial charge in [0.2, 0.25) is 0 Å². The third-order valence-corrected chi connectivity index (χ3v) is 12.5. The lowest BCUT2D eigenvalue weighted by Crippen LogP contribution is -2.30. The van der Waals surface area contributed by atoms with Gasteiger partial charge in [-0.25, -0.2) is 15.0 Å². The largest absolute Gasteiger partial charge is 0.310 e. The Hall–Kier alpha value is -8.41. The summed E-state index contributed by atoms with van der Waals surface area (Å²) in [6.07, 6.45) is 0. The Morgan fingerprint density at radius 1 is 0.323 bits per heavy atom. The van der Waals surface area contributed by atoms with E-state index < -0.39 is 0 Å². The van der Waals surface area contributed by atoms with Gasteiger partial charge in [0.25, 0.3) is 0 Å². The average molecular weight is 836 g/mol. The SMILES string of the molecule is CC1(C)c2ccccc2N(c2cccc(N(c3ccc(-c4ccccc4)cc3)c3ccc(-c4ccccc4)cc3)c2)c2ccc(-c3nc(-c4ccccc4)nc(-c4ccccc4)n3)cc21. The first-order chi connectivity index (χ1) is 32.0. The third-order valence-electron chi connectivity index (χ3n) is 12.5. The molecule has 1 aliphatic rings. The molecule has 0 radical (unpaired) electrons. The summed E-state index contributed by atoms with van der Waals surface area (Å²) in [5.41, 5.74) is 16.2. The van der Waals surface area contributed by atoms with E-state index in [9.17, 15) is 0 Å². The second-order valence-corrected chi connectivity index (χ2v) is 16.9. The van der Waals surface area contributed by atoms with E-state index in [2.05, 4.69) is 200 Å². The van der Waals surface area contributed by atoms with Gasteiger partial charge in [0.1, 0.15) is 0 Å². The molecule has 1 aliphatic heterocycles. The minimum absolute atomic E-state index is 0.333. The van der Waals surface area contributed by atoms with Crippen LogP contribution in [-0.2, 0) is 5.41 Å². The lowest BCUT2D eigenvalue weighted by atomic mass is 9.73. The molecule has 0 amide bonds. The van der Waals surface area contributed by atoms with Crippen LogP contribution in [0.4, 0.5) is 34.1 Å². The van der Waals surface area contributed by atoms with E-state index >= 15 is 0 Å². The fraction of sp³-hybridized carbons (Fsp3) is 0.0500. The van der Waals surface area contributed by atoms with E-state index in [-0.39, 0.29) is 5.41 Å². The first-order valence-electron chi connectivity index (χ1n) is 22.1. The molecule has 0 saturated heterocycles. The molecule has 1 aromatic heterocycles. The van der Waals surface area contributed by atoms with Gasteiger partial charge in [0.15, 0.2) is 17.5 Å². The van der Waals surface area contributed by atoms with Gasteiger partial charge in [0.05, 0.1) is 11.4 Å². The first kappa shape index (κ1) is 39.4. The highest BCUT2D eigenvalue weighted by atomic mass is 15.2. The maximum Gasteiger partial charge on any atom is 0.164 e. The van der Waals surface area contributed by atoms with Crippen molar-refractivity contribution in [1.29, 1.82) is 0 Å². The van der Waals surface area contributed by atoms with Gasteiger partial charge in [-0.1, -0.05) is 184 Å². The zero-order chi connectivity index (χ0) is 43.7. The quantitative estimate of drug-likeness (QED) is 0.145. The number of hydrogen-bond donors (Lipinski definition) is 0. The van der Waals surface area contributed by atoms with Crippen LogP contribution in [0, 0.1) is 0 Å². The van der Waals surface area contributed by atoms with Gasteiger partial charge in [-0.3, -0.25) is 0 Å². The highest BCUT2D eigenvalue weighted by Gasteiger charge is 2.37. The maximum absolute atomic E-state index is 5.11. The molecule has 10 aromatic rings. The lowest BCUT2D eigenvalue weighted by molar-refractivity contribution is 0.632. The first-order valence-corrected chi connectivity index (χ1v) is 22.1. The summed E-state index contributed by atoms with van der Waals surface area (Å²) >= 11 is 0. The topological polar surface area (TPSA) is 45.2 Å². The standard InChI is InChI=1S/C60H45N5/c1-60(2)53-28-15-16-29-55(53)65(56-39-34-48(40-54(56)60)59-62-57(46-22-11-5-12-23-46)61-58(63-59)47-24-13-6-14-25-47)52-27-17-26-51(41-52)64(49-35-30-44(31-36-49)42-18-7-3-8-19-42)50-37-32-45(33-38-50)43-20-9-4-10-21-43/h3-41H,1-2H3. The molecule has 0 aliphatic carbocycles. The number of para-hydroxylation sites is 1. The van der Waals surface area contributed by atoms with E-state index in [1.165, 1.54) is 33.4 Å². The Balaban J connectivity index is 1.04. The fourth-order valence-corrected chi connectivity index (χ4v) is 9.14. The van der Waals surface area contributed by atoms with Gasteiger partial charge in [-0.15, -0.1) is 0 Å². The van der Waals surface area contributed by atoms with Gasteiger partial charge in [0, 0.05) is 44.9 Å². The Labute approximate surface area is 380 Å². The molecule has 5 heteroatoms. The zero-order valence-electron chi connectivity index (χ0n) is 36.3. The highest BCUT2D eigenvalue weighted by molar-refractivity contribution is 5.90. The van der Waals surface area contributed by atoms with E-state index in [4.69, 9.17) is 15.0 Å². The summed E-state index contributed by atoms with van der Waals surface area (Å²) in [5.74, 6) is 1.92. The van der Waals surface area contributed by atoms with Gasteiger partial charge < -0.3 is 9.80 Å². The number of aromatic nitrogens is 3. The smallest absolute Gasteiger partial charge is 0.164 e. The number of nitrogens with zero attached hydrogens (tertiary/aromatic N) is 5. The summed E-state index contributed by atoms with van der Waals surface area (Å²) in [4.78, 5) is 20.0. The molecule has 0 fully saturated rings. The van der Waals surface area contributed by atoms with Crippen molar-refractivity contribution in [2.75, 3.05) is 9.80 Å². The molecule has 310 valence electrons. The zero-order valence-corrected chi connectivity index (χ0v) is 36.3. The summed E-state index contributed by atoms with van der Waals surface area (Å²) in [6, 6.07) is 83.6. The van der Waals surface area contributed by atoms with Crippen LogP contribution in [-0.4, -0.2) is 15.0 Å². The minimum atomic E-state index is -0.333. The summed E-state index contributed by atoms with van der Waals surface area (Å²) in [7, 11) is 0. The number of fused-ring (bicyclic) bond motifs is 2. The molecule has 0 bridgehead atoms. The van der Waals surface area contributed by atoms with Crippen molar-refractivity contribution in [1.82, 2.24) is 15.0 Å². The molecule has 11 rings (SSSR count). The fourth-order valence-electron chi connectivity index (χ4n) is 9.14. The molecule has 2 heterocycles. The second kappa shape index (κ2) is 16.7. The van der Waals surface area contributed by atoms with E-state index in [0.29, 0.717) is 17.5 Å². The van der Waals surface area contributed by atoms with E-state index in [1.54, 1.807) is 0 Å². The van der Waals surface area contributed by atoms with Gasteiger partial charge >= 0.3 is 0 Å². The molecule has 0 saturated carbocycles. The summed E-state index contributed by atoms with van der Waals surface area (Å²) in [5, 5.41) is 0. The Kier molecular flexibility index (Phi) is 10.1. The molecule has 65 heavy (non-hydrogen) atoms. The van der Waals surface area contributed by atoms with Gasteiger partial charge in [-0.2, -0.15) is 0 Å². The molecule has 5 nitrogen and oxygen atoms in total. The third kappa shape index (κ3) is 7.53. The van der Waals surface area contributed by atoms with Crippen LogP contribution >= 0.6 is 0 Å². The van der Waals surface area contributed by atoms with Crippen LogP contribution in [0.3, 0.4) is 0 Å². The molecule has 9 aromatic carbocycles. The molecular weight excluding hydrogens is 791 g/mol. The van der Waals surface area contributed by atoms with Crippen molar-refractivity contribution in [3.8, 4) is 56.4 Å². The van der Waals surface area contributed by atoms with Gasteiger partial charge in [-0.05, 0) is 100 Å².